The van der Waals surface area contributed by atoms with Crippen LogP contribution in [0.2, 0.25) is 0 Å². The fourth-order valence-electron chi connectivity index (χ4n) is 3.38. The summed E-state index contributed by atoms with van der Waals surface area (Å²) in [6.07, 6.45) is 11.1. The van der Waals surface area contributed by atoms with Gasteiger partial charge in [0, 0.05) is 32.7 Å². The average Bonchev–Trinajstić information content (AvgIpc) is 3.41. The summed E-state index contributed by atoms with van der Waals surface area (Å²) in [5, 5.41) is 6.76. The molecule has 0 aromatic carbocycles. The van der Waals surface area contributed by atoms with Gasteiger partial charge >= 0.3 is 0 Å². The molecule has 2 N–H and O–H groups in total. The van der Waals surface area contributed by atoms with Crippen molar-refractivity contribution >= 4 is 5.96 Å². The first kappa shape index (κ1) is 18.5. The Bertz CT molecular complexity index is 336. The van der Waals surface area contributed by atoms with E-state index in [0.29, 0.717) is 6.10 Å². The van der Waals surface area contributed by atoms with Crippen molar-refractivity contribution in [1.82, 2.24) is 15.5 Å². The summed E-state index contributed by atoms with van der Waals surface area (Å²) < 4.78 is 6.00. The van der Waals surface area contributed by atoms with E-state index in [2.05, 4.69) is 27.4 Å². The second kappa shape index (κ2) is 10.9. The highest BCUT2D eigenvalue weighted by atomic mass is 16.5. The van der Waals surface area contributed by atoms with Gasteiger partial charge in [0.25, 0.3) is 0 Å². The van der Waals surface area contributed by atoms with Gasteiger partial charge in [-0.15, -0.1) is 0 Å². The first-order chi connectivity index (χ1) is 11.3. The lowest BCUT2D eigenvalue weighted by atomic mass is 10.1. The summed E-state index contributed by atoms with van der Waals surface area (Å²) in [5.41, 5.74) is 0. The van der Waals surface area contributed by atoms with Crippen LogP contribution in [-0.4, -0.2) is 62.8 Å². The lowest BCUT2D eigenvalue weighted by Crippen LogP contribution is -2.43. The third-order valence-electron chi connectivity index (χ3n) is 4.93. The van der Waals surface area contributed by atoms with Crippen molar-refractivity contribution in [1.29, 1.82) is 0 Å². The predicted octanol–water partition coefficient (Wildman–Crippen LogP) is 2.38. The molecule has 2 fully saturated rings. The van der Waals surface area contributed by atoms with Crippen molar-refractivity contribution < 1.29 is 4.74 Å². The number of ether oxygens (including phenoxy) is 1. The predicted molar refractivity (Wildman–Crippen MR) is 97.1 cm³/mol. The highest BCUT2D eigenvalue weighted by molar-refractivity contribution is 5.79. The number of likely N-dealkylation sites (N-methyl/N-ethyl adjacent to an activating group) is 1. The van der Waals surface area contributed by atoms with Crippen LogP contribution in [0.4, 0.5) is 0 Å². The highest BCUT2D eigenvalue weighted by Crippen LogP contribution is 2.25. The molecule has 0 amide bonds. The zero-order valence-electron chi connectivity index (χ0n) is 15.1. The maximum Gasteiger partial charge on any atom is 0.191 e. The summed E-state index contributed by atoms with van der Waals surface area (Å²) in [6.45, 7) is 7.04. The molecule has 0 radical (unpaired) electrons. The molecule has 0 aromatic heterocycles. The molecule has 5 heteroatoms. The molecular weight excluding hydrogens is 288 g/mol. The average molecular weight is 325 g/mol. The van der Waals surface area contributed by atoms with Crippen molar-refractivity contribution in [2.45, 2.75) is 70.4 Å². The van der Waals surface area contributed by atoms with Gasteiger partial charge in [-0.1, -0.05) is 32.6 Å². The van der Waals surface area contributed by atoms with Crippen LogP contribution in [-0.2, 0) is 4.74 Å². The Morgan fingerprint density at radius 2 is 1.74 bits per heavy atom. The summed E-state index contributed by atoms with van der Waals surface area (Å²) >= 11 is 0. The van der Waals surface area contributed by atoms with Crippen LogP contribution in [0, 0.1) is 0 Å². The Hall–Kier alpha value is -0.810. The van der Waals surface area contributed by atoms with Crippen LogP contribution in [0.1, 0.15) is 58.3 Å². The van der Waals surface area contributed by atoms with Gasteiger partial charge in [-0.2, -0.15) is 0 Å². The van der Waals surface area contributed by atoms with Gasteiger partial charge in [-0.3, -0.25) is 9.89 Å². The lowest BCUT2D eigenvalue weighted by molar-refractivity contribution is 0.0468. The summed E-state index contributed by atoms with van der Waals surface area (Å²) in [6, 6.07) is 0.838. The molecule has 0 atom stereocenters. The quantitative estimate of drug-likeness (QED) is 0.296. The molecule has 2 saturated carbocycles. The molecule has 2 rings (SSSR count). The fourth-order valence-corrected chi connectivity index (χ4v) is 3.38. The normalized spacial score (nSPS) is 20.6. The van der Waals surface area contributed by atoms with E-state index in [-0.39, 0.29) is 0 Å². The van der Waals surface area contributed by atoms with Crippen LogP contribution in [0.15, 0.2) is 4.99 Å². The Labute approximate surface area is 142 Å². The SMILES string of the molecule is CCN(CCNC(=NC)NCCOC1CCCCCC1)C1CC1. The molecule has 0 saturated heterocycles. The van der Waals surface area contributed by atoms with Gasteiger partial charge in [0.1, 0.15) is 0 Å². The highest BCUT2D eigenvalue weighted by Gasteiger charge is 2.27. The Kier molecular flexibility index (Phi) is 8.76. The van der Waals surface area contributed by atoms with Gasteiger partial charge in [0.15, 0.2) is 5.96 Å². The van der Waals surface area contributed by atoms with Gasteiger partial charge in [0.05, 0.1) is 12.7 Å². The summed E-state index contributed by atoms with van der Waals surface area (Å²) in [7, 11) is 1.83. The molecule has 0 aromatic rings. The molecule has 0 unspecified atom stereocenters. The number of hydrogen-bond donors (Lipinski definition) is 2. The zero-order chi connectivity index (χ0) is 16.3. The number of rotatable bonds is 9. The first-order valence-corrected chi connectivity index (χ1v) is 9.63. The van der Waals surface area contributed by atoms with E-state index in [1.807, 2.05) is 7.05 Å². The minimum atomic E-state index is 0.478. The van der Waals surface area contributed by atoms with Crippen LogP contribution < -0.4 is 10.6 Å². The Balaban J connectivity index is 1.52. The largest absolute Gasteiger partial charge is 0.376 e. The smallest absolute Gasteiger partial charge is 0.191 e. The maximum absolute atomic E-state index is 6.00. The van der Waals surface area contributed by atoms with E-state index in [9.17, 15) is 0 Å². The van der Waals surface area contributed by atoms with Crippen LogP contribution in [0.5, 0.6) is 0 Å². The molecule has 0 bridgehead atoms. The van der Waals surface area contributed by atoms with Crippen molar-refractivity contribution in [3.05, 3.63) is 0 Å². The minimum absolute atomic E-state index is 0.478. The van der Waals surface area contributed by atoms with Crippen LogP contribution in [0.25, 0.3) is 0 Å². The van der Waals surface area contributed by atoms with Gasteiger partial charge < -0.3 is 15.4 Å². The van der Waals surface area contributed by atoms with Crippen LogP contribution >= 0.6 is 0 Å². The number of nitrogens with zero attached hydrogens (tertiary/aromatic N) is 2. The number of hydrogen-bond acceptors (Lipinski definition) is 3. The molecule has 0 aliphatic heterocycles. The first-order valence-electron chi connectivity index (χ1n) is 9.63. The van der Waals surface area contributed by atoms with Gasteiger partial charge in [-0.25, -0.2) is 0 Å². The van der Waals surface area contributed by atoms with E-state index >= 15 is 0 Å². The molecular formula is C18H36N4O. The van der Waals surface area contributed by atoms with E-state index in [1.165, 1.54) is 51.4 Å². The van der Waals surface area contributed by atoms with Crippen molar-refractivity contribution in [2.24, 2.45) is 4.99 Å². The van der Waals surface area contributed by atoms with E-state index < -0.39 is 0 Å². The molecule has 134 valence electrons. The summed E-state index contributed by atoms with van der Waals surface area (Å²) in [4.78, 5) is 6.84. The molecule has 0 spiro atoms. The topological polar surface area (TPSA) is 48.9 Å². The molecule has 2 aliphatic carbocycles. The molecule has 23 heavy (non-hydrogen) atoms. The number of aliphatic imine (C=N–C) groups is 1. The fraction of sp³-hybridized carbons (Fsp3) is 0.944. The standard InChI is InChI=1S/C18H36N4O/c1-3-22(16-10-11-16)14-12-20-18(19-2)21-13-15-23-17-8-6-4-5-7-9-17/h16-17H,3-15H2,1-2H3,(H2,19,20,21). The lowest BCUT2D eigenvalue weighted by Gasteiger charge is -2.21. The Morgan fingerprint density at radius 1 is 1.04 bits per heavy atom. The van der Waals surface area contributed by atoms with Crippen molar-refractivity contribution in [3.63, 3.8) is 0 Å². The van der Waals surface area contributed by atoms with E-state index in [4.69, 9.17) is 4.74 Å². The second-order valence-corrected chi connectivity index (χ2v) is 6.77. The zero-order valence-corrected chi connectivity index (χ0v) is 15.1. The second-order valence-electron chi connectivity index (χ2n) is 6.77. The number of nitrogens with one attached hydrogen (secondary N) is 2. The summed E-state index contributed by atoms with van der Waals surface area (Å²) in [5.74, 6) is 0.890. The third-order valence-corrected chi connectivity index (χ3v) is 4.93. The third kappa shape index (κ3) is 7.53. The van der Waals surface area contributed by atoms with E-state index in [1.54, 1.807) is 0 Å². The van der Waals surface area contributed by atoms with Gasteiger partial charge in [-0.05, 0) is 32.2 Å². The number of guanidine groups is 1. The molecule has 0 heterocycles. The minimum Gasteiger partial charge on any atom is -0.376 e. The van der Waals surface area contributed by atoms with Crippen molar-refractivity contribution in [3.8, 4) is 0 Å². The monoisotopic (exact) mass is 324 g/mol. The maximum atomic E-state index is 6.00. The van der Waals surface area contributed by atoms with E-state index in [0.717, 1.165) is 44.8 Å². The van der Waals surface area contributed by atoms with Crippen molar-refractivity contribution in [2.75, 3.05) is 39.8 Å². The Morgan fingerprint density at radius 3 is 2.35 bits per heavy atom. The van der Waals surface area contributed by atoms with Gasteiger partial charge in [0.2, 0.25) is 0 Å². The van der Waals surface area contributed by atoms with Crippen LogP contribution in [0.3, 0.4) is 0 Å². The molecule has 2 aliphatic rings. The molecule has 5 nitrogen and oxygen atoms in total.